The van der Waals surface area contributed by atoms with E-state index in [4.69, 9.17) is 21.1 Å². The Morgan fingerprint density at radius 1 is 1.41 bits per heavy atom. The molecule has 1 N–H and O–H groups in total. The quantitative estimate of drug-likeness (QED) is 0.515. The first-order chi connectivity index (χ1) is 10.1. The minimum Gasteiger partial charge on any atom is -0.462 e. The van der Waals surface area contributed by atoms with Crippen molar-refractivity contribution in [3.63, 3.8) is 0 Å². The molecule has 0 radical (unpaired) electrons. The molecule has 1 amide bonds. The molecule has 0 fully saturated rings. The van der Waals surface area contributed by atoms with Crippen LogP contribution in [0.5, 0.6) is 0 Å². The second-order valence-corrected chi connectivity index (χ2v) is 5.61. The fourth-order valence-corrected chi connectivity index (χ4v) is 1.47. The molecule has 0 spiro atoms. The molecule has 0 saturated carbocycles. The van der Waals surface area contributed by atoms with Crippen molar-refractivity contribution in [3.05, 3.63) is 17.0 Å². The fraction of sp³-hybridized carbons (Fsp3) is 0.538. The molecule has 0 aliphatic rings. The topological polar surface area (TPSA) is 93.6 Å². The van der Waals surface area contributed by atoms with Gasteiger partial charge in [-0.05, 0) is 39.3 Å². The standard InChI is InChI=1S/C13H19ClN4O4/c1-6-21-10(19)8-7-15-11(14)16-9(8)17-18(5)12(20)22-13(2,3)4/h7H,6H2,1-5H3,(H,15,16,17). The van der Waals surface area contributed by atoms with Crippen LogP contribution in [0.4, 0.5) is 10.6 Å². The van der Waals surface area contributed by atoms with Crippen LogP contribution in [0.2, 0.25) is 5.28 Å². The molecule has 1 rings (SSSR count). The summed E-state index contributed by atoms with van der Waals surface area (Å²) in [6.45, 7) is 7.09. The van der Waals surface area contributed by atoms with Gasteiger partial charge in [0.1, 0.15) is 11.2 Å². The molecule has 0 atom stereocenters. The first kappa shape index (κ1) is 18.0. The summed E-state index contributed by atoms with van der Waals surface area (Å²) in [4.78, 5) is 31.4. The summed E-state index contributed by atoms with van der Waals surface area (Å²) in [5.41, 5.74) is 2.04. The summed E-state index contributed by atoms with van der Waals surface area (Å²) in [6.07, 6.45) is 0.579. The van der Waals surface area contributed by atoms with E-state index >= 15 is 0 Å². The smallest absolute Gasteiger partial charge is 0.428 e. The van der Waals surface area contributed by atoms with Gasteiger partial charge in [0.05, 0.1) is 6.61 Å². The summed E-state index contributed by atoms with van der Waals surface area (Å²) in [7, 11) is 1.43. The maximum absolute atomic E-state index is 11.9. The van der Waals surface area contributed by atoms with Crippen LogP contribution >= 0.6 is 11.6 Å². The van der Waals surface area contributed by atoms with Gasteiger partial charge in [0.25, 0.3) is 0 Å². The number of rotatable bonds is 4. The second-order valence-electron chi connectivity index (χ2n) is 5.27. The molecule has 0 saturated heterocycles. The molecule has 0 unspecified atom stereocenters. The molecule has 122 valence electrons. The van der Waals surface area contributed by atoms with E-state index in [1.807, 2.05) is 0 Å². The third-order valence-electron chi connectivity index (χ3n) is 2.20. The predicted octanol–water partition coefficient (Wildman–Crippen LogP) is 2.50. The van der Waals surface area contributed by atoms with Gasteiger partial charge in [0, 0.05) is 13.2 Å². The lowest BCUT2D eigenvalue weighted by Gasteiger charge is -2.25. The first-order valence-corrected chi connectivity index (χ1v) is 6.95. The summed E-state index contributed by atoms with van der Waals surface area (Å²) in [5, 5.41) is 0.972. The number of hydrogen-bond donors (Lipinski definition) is 1. The van der Waals surface area contributed by atoms with E-state index in [-0.39, 0.29) is 23.3 Å². The molecule has 8 nitrogen and oxygen atoms in total. The average Bonchev–Trinajstić information content (AvgIpc) is 2.36. The van der Waals surface area contributed by atoms with Gasteiger partial charge in [-0.1, -0.05) is 0 Å². The van der Waals surface area contributed by atoms with Gasteiger partial charge in [0.2, 0.25) is 5.28 Å². The second kappa shape index (κ2) is 7.26. The Morgan fingerprint density at radius 2 is 2.05 bits per heavy atom. The minimum absolute atomic E-state index is 0.0480. The van der Waals surface area contributed by atoms with Crippen LogP contribution in [0, 0.1) is 0 Å². The van der Waals surface area contributed by atoms with Gasteiger partial charge in [-0.25, -0.2) is 19.6 Å². The minimum atomic E-state index is -0.652. The lowest BCUT2D eigenvalue weighted by Crippen LogP contribution is -2.38. The number of aromatic nitrogens is 2. The Bertz CT molecular complexity index is 559. The van der Waals surface area contributed by atoms with Crippen molar-refractivity contribution in [1.82, 2.24) is 15.0 Å². The van der Waals surface area contributed by atoms with Crippen molar-refractivity contribution < 1.29 is 19.1 Å². The lowest BCUT2D eigenvalue weighted by atomic mass is 10.2. The van der Waals surface area contributed by atoms with E-state index in [2.05, 4.69) is 15.4 Å². The predicted molar refractivity (Wildman–Crippen MR) is 80.6 cm³/mol. The SMILES string of the molecule is CCOC(=O)c1cnc(Cl)nc1NN(C)C(=O)OC(C)(C)C. The first-order valence-electron chi connectivity index (χ1n) is 6.57. The van der Waals surface area contributed by atoms with Crippen LogP contribution in [0.3, 0.4) is 0 Å². The zero-order chi connectivity index (χ0) is 16.9. The van der Waals surface area contributed by atoms with Crippen molar-refractivity contribution in [1.29, 1.82) is 0 Å². The Morgan fingerprint density at radius 3 is 2.59 bits per heavy atom. The van der Waals surface area contributed by atoms with Crippen LogP contribution < -0.4 is 5.43 Å². The van der Waals surface area contributed by atoms with Crippen molar-refractivity contribution in [2.75, 3.05) is 19.1 Å². The molecule has 1 aromatic rings. The fourth-order valence-electron chi connectivity index (χ4n) is 1.34. The van der Waals surface area contributed by atoms with Gasteiger partial charge in [0.15, 0.2) is 5.82 Å². The zero-order valence-corrected chi connectivity index (χ0v) is 13.9. The number of nitrogens with zero attached hydrogens (tertiary/aromatic N) is 3. The average molecular weight is 331 g/mol. The maximum Gasteiger partial charge on any atom is 0.428 e. The van der Waals surface area contributed by atoms with Gasteiger partial charge < -0.3 is 9.47 Å². The van der Waals surface area contributed by atoms with Crippen LogP contribution in [0.1, 0.15) is 38.1 Å². The Kier molecular flexibility index (Phi) is 5.92. The molecule has 0 aliphatic heterocycles. The summed E-state index contributed by atoms with van der Waals surface area (Å²) in [5.74, 6) is -0.578. The van der Waals surface area contributed by atoms with E-state index in [9.17, 15) is 9.59 Å². The van der Waals surface area contributed by atoms with Crippen LogP contribution in [-0.4, -0.2) is 46.3 Å². The number of hydrogen-bond acceptors (Lipinski definition) is 7. The lowest BCUT2D eigenvalue weighted by molar-refractivity contribution is 0.0335. The van der Waals surface area contributed by atoms with E-state index in [0.717, 1.165) is 5.01 Å². The molecular formula is C13H19ClN4O4. The number of ether oxygens (including phenoxy) is 2. The van der Waals surface area contributed by atoms with Gasteiger partial charge >= 0.3 is 12.1 Å². The largest absolute Gasteiger partial charge is 0.462 e. The van der Waals surface area contributed by atoms with Crippen molar-refractivity contribution in [2.45, 2.75) is 33.3 Å². The van der Waals surface area contributed by atoms with Crippen LogP contribution in [0.15, 0.2) is 6.20 Å². The Hall–Kier alpha value is -2.09. The number of carbonyl (C=O) groups is 2. The number of hydrazine groups is 1. The normalized spacial score (nSPS) is 10.8. The highest BCUT2D eigenvalue weighted by Crippen LogP contribution is 2.17. The van der Waals surface area contributed by atoms with E-state index in [1.54, 1.807) is 27.7 Å². The van der Waals surface area contributed by atoms with Gasteiger partial charge in [-0.2, -0.15) is 4.98 Å². The Labute approximate surface area is 133 Å². The number of esters is 1. The number of anilines is 1. The third kappa shape index (κ3) is 5.36. The number of halogens is 1. The molecule has 1 aromatic heterocycles. The number of carbonyl (C=O) groups excluding carboxylic acids is 2. The van der Waals surface area contributed by atoms with Crippen LogP contribution in [-0.2, 0) is 9.47 Å². The monoisotopic (exact) mass is 330 g/mol. The Balaban J connectivity index is 2.94. The molecule has 0 bridgehead atoms. The number of amides is 1. The van der Waals surface area contributed by atoms with Crippen molar-refractivity contribution in [3.8, 4) is 0 Å². The molecule has 0 aromatic carbocycles. The third-order valence-corrected chi connectivity index (χ3v) is 2.38. The molecule has 0 aliphatic carbocycles. The van der Waals surface area contributed by atoms with Gasteiger partial charge in [-0.15, -0.1) is 0 Å². The van der Waals surface area contributed by atoms with Crippen LogP contribution in [0.25, 0.3) is 0 Å². The van der Waals surface area contributed by atoms with E-state index in [1.165, 1.54) is 13.2 Å². The molecule has 22 heavy (non-hydrogen) atoms. The molecule has 9 heteroatoms. The molecular weight excluding hydrogens is 312 g/mol. The summed E-state index contributed by atoms with van der Waals surface area (Å²) >= 11 is 5.72. The highest BCUT2D eigenvalue weighted by Gasteiger charge is 2.22. The van der Waals surface area contributed by atoms with E-state index < -0.39 is 17.7 Å². The van der Waals surface area contributed by atoms with Gasteiger partial charge in [-0.3, -0.25) is 5.43 Å². The highest BCUT2D eigenvalue weighted by atomic mass is 35.5. The summed E-state index contributed by atoms with van der Waals surface area (Å²) in [6, 6.07) is 0. The zero-order valence-electron chi connectivity index (χ0n) is 13.1. The summed E-state index contributed by atoms with van der Waals surface area (Å²) < 4.78 is 10.1. The highest BCUT2D eigenvalue weighted by molar-refractivity contribution is 6.28. The van der Waals surface area contributed by atoms with E-state index in [0.29, 0.717) is 0 Å². The number of nitrogens with one attached hydrogen (secondary N) is 1. The molecule has 1 heterocycles. The van der Waals surface area contributed by atoms with Crippen molar-refractivity contribution in [2.24, 2.45) is 0 Å². The maximum atomic E-state index is 11.9. The van der Waals surface area contributed by atoms with Crippen molar-refractivity contribution >= 4 is 29.5 Å².